The summed E-state index contributed by atoms with van der Waals surface area (Å²) >= 11 is 0. The normalized spacial score (nSPS) is 13.4. The maximum Gasteiger partial charge on any atom is 0.472 e. The molecule has 0 aliphatic carbocycles. The van der Waals surface area contributed by atoms with Gasteiger partial charge in [-0.3, -0.25) is 13.8 Å². The monoisotopic (exact) mass is 1290 g/mol. The topological polar surface area (TPSA) is 105 Å². The fraction of sp³-hybridized carbons (Fsp3) is 0.988. The van der Waals surface area contributed by atoms with Gasteiger partial charge in [-0.1, -0.05) is 444 Å². The Bertz CT molecular complexity index is 1430. The van der Waals surface area contributed by atoms with Crippen molar-refractivity contribution in [1.82, 2.24) is 5.32 Å². The Morgan fingerprint density at radius 3 is 0.744 bits per heavy atom. The Morgan fingerprint density at radius 2 is 0.533 bits per heavy atom. The largest absolute Gasteiger partial charge is 0.472 e. The summed E-state index contributed by atoms with van der Waals surface area (Å²) in [5.74, 6) is -0.131. The minimum absolute atomic E-state index is 0.0797. The second kappa shape index (κ2) is 72.8. The summed E-state index contributed by atoms with van der Waals surface area (Å²) < 4.78 is 24.0. The number of carbonyl (C=O) groups is 1. The summed E-state index contributed by atoms with van der Waals surface area (Å²) in [5, 5.41) is 14.2. The third-order valence-corrected chi connectivity index (χ3v) is 20.8. The number of rotatable bonds is 79. The number of hydrogen-bond acceptors (Lipinski definition) is 5. The van der Waals surface area contributed by atoms with E-state index < -0.39 is 20.0 Å². The Hall–Kier alpha value is -0.500. The molecule has 0 rings (SSSR count). The number of unbranched alkanes of at least 4 members (excludes halogenated alkanes) is 66. The number of amides is 1. The molecule has 8 nitrogen and oxygen atoms in total. The molecule has 3 atom stereocenters. The van der Waals surface area contributed by atoms with Crippen molar-refractivity contribution in [2.45, 2.75) is 475 Å². The van der Waals surface area contributed by atoms with Crippen LogP contribution in [0, 0.1) is 0 Å². The number of phosphoric ester groups is 1. The Morgan fingerprint density at radius 1 is 0.333 bits per heavy atom. The molecule has 0 saturated carbocycles. The molecule has 0 bridgehead atoms. The first-order valence-corrected chi connectivity index (χ1v) is 42.9. The van der Waals surface area contributed by atoms with E-state index in [-0.39, 0.29) is 19.1 Å². The van der Waals surface area contributed by atoms with Crippen molar-refractivity contribution in [2.24, 2.45) is 0 Å². The SMILES string of the molecule is CCCCCCCCCCCCCCCCCCCCCCCCCCCCCCCCCCCCCCCCCC(=O)NC(COP(=O)(O)OCC[N+](C)(C)C)C(O)CCCCCCCCCCCCCCCCCCCCCCCCCCCCCCC. The van der Waals surface area contributed by atoms with Gasteiger partial charge in [0.25, 0.3) is 0 Å². The quantitative estimate of drug-likeness (QED) is 0.0318. The van der Waals surface area contributed by atoms with E-state index in [0.29, 0.717) is 23.9 Å². The smallest absolute Gasteiger partial charge is 0.391 e. The van der Waals surface area contributed by atoms with Crippen molar-refractivity contribution in [1.29, 1.82) is 0 Å². The highest BCUT2D eigenvalue weighted by Gasteiger charge is 2.28. The van der Waals surface area contributed by atoms with Gasteiger partial charge in [0, 0.05) is 6.42 Å². The molecular formula is C81H166N2O6P+. The fourth-order valence-electron chi connectivity index (χ4n) is 13.5. The zero-order valence-corrected chi connectivity index (χ0v) is 63.1. The van der Waals surface area contributed by atoms with Crippen LogP contribution in [0.15, 0.2) is 0 Å². The molecule has 540 valence electrons. The first-order chi connectivity index (χ1) is 44.0. The zero-order valence-electron chi connectivity index (χ0n) is 62.2. The van der Waals surface area contributed by atoms with E-state index in [4.69, 9.17) is 9.05 Å². The summed E-state index contributed by atoms with van der Waals surface area (Å²) in [4.78, 5) is 23.5. The van der Waals surface area contributed by atoms with Crippen molar-refractivity contribution in [2.75, 3.05) is 40.9 Å². The predicted molar refractivity (Wildman–Crippen MR) is 397 cm³/mol. The van der Waals surface area contributed by atoms with Gasteiger partial charge in [-0.2, -0.15) is 0 Å². The third-order valence-electron chi connectivity index (χ3n) is 19.9. The van der Waals surface area contributed by atoms with Crippen LogP contribution in [-0.2, 0) is 18.4 Å². The Labute approximate surface area is 565 Å². The first kappa shape index (κ1) is 89.5. The van der Waals surface area contributed by atoms with Crippen LogP contribution in [-0.4, -0.2) is 73.4 Å². The summed E-state index contributed by atoms with van der Waals surface area (Å²) in [6.45, 7) is 4.98. The van der Waals surface area contributed by atoms with Crippen molar-refractivity contribution in [3.05, 3.63) is 0 Å². The van der Waals surface area contributed by atoms with Crippen LogP contribution in [0.3, 0.4) is 0 Å². The lowest BCUT2D eigenvalue weighted by molar-refractivity contribution is -0.870. The number of aliphatic hydroxyl groups is 1. The highest BCUT2D eigenvalue weighted by Crippen LogP contribution is 2.43. The number of quaternary nitrogens is 1. The Balaban J connectivity index is 3.85. The zero-order chi connectivity index (χ0) is 65.5. The van der Waals surface area contributed by atoms with E-state index in [1.807, 2.05) is 21.1 Å². The minimum Gasteiger partial charge on any atom is -0.391 e. The van der Waals surface area contributed by atoms with Gasteiger partial charge < -0.3 is 19.8 Å². The minimum atomic E-state index is -4.33. The molecule has 0 saturated heterocycles. The van der Waals surface area contributed by atoms with E-state index in [2.05, 4.69) is 19.2 Å². The lowest BCUT2D eigenvalue weighted by Crippen LogP contribution is -2.46. The van der Waals surface area contributed by atoms with Gasteiger partial charge in [0.2, 0.25) is 5.91 Å². The van der Waals surface area contributed by atoms with Gasteiger partial charge in [-0.15, -0.1) is 0 Å². The van der Waals surface area contributed by atoms with E-state index in [1.54, 1.807) is 0 Å². The number of phosphoric acid groups is 1. The standard InChI is InChI=1S/C81H165N2O6P/c1-6-8-10-12-14-16-18-20-22-24-26-28-30-32-34-36-37-38-39-40-41-42-43-44-45-47-49-51-53-55-57-59-61-63-65-67-69-71-73-75-81(85)82-79(78-89-90(86,87)88-77-76-83(3,4)5)80(84)74-72-70-68-66-64-62-60-58-56-54-52-50-48-46-35-33-31-29-27-25-23-21-19-17-15-13-11-9-7-2/h79-80,84H,6-78H2,1-5H3,(H-,82,85,86,87)/p+1. The maximum atomic E-state index is 13.1. The average molecular weight is 1300 g/mol. The van der Waals surface area contributed by atoms with Gasteiger partial charge in [-0.25, -0.2) is 4.57 Å². The number of carbonyl (C=O) groups excluding carboxylic acids is 1. The molecule has 0 fully saturated rings. The molecule has 1 amide bonds. The second-order valence-electron chi connectivity index (χ2n) is 30.2. The van der Waals surface area contributed by atoms with Gasteiger partial charge in [0.15, 0.2) is 0 Å². The molecular weight excluding hydrogens is 1130 g/mol. The van der Waals surface area contributed by atoms with Crippen molar-refractivity contribution < 1.29 is 32.9 Å². The third kappa shape index (κ3) is 74.9. The molecule has 0 aliphatic rings. The van der Waals surface area contributed by atoms with E-state index in [9.17, 15) is 19.4 Å². The molecule has 0 aromatic rings. The van der Waals surface area contributed by atoms with Crippen LogP contribution in [0.1, 0.15) is 463 Å². The lowest BCUT2D eigenvalue weighted by atomic mass is 10.0. The second-order valence-corrected chi connectivity index (χ2v) is 31.7. The molecule has 0 aromatic heterocycles. The van der Waals surface area contributed by atoms with Gasteiger partial charge >= 0.3 is 7.82 Å². The molecule has 9 heteroatoms. The van der Waals surface area contributed by atoms with Crippen LogP contribution in [0.25, 0.3) is 0 Å². The van der Waals surface area contributed by atoms with Crippen molar-refractivity contribution in [3.63, 3.8) is 0 Å². The molecule has 0 radical (unpaired) electrons. The highest BCUT2D eigenvalue weighted by molar-refractivity contribution is 7.47. The summed E-state index contributed by atoms with van der Waals surface area (Å²) in [6, 6.07) is -0.758. The average Bonchev–Trinajstić information content (AvgIpc) is 3.72. The molecule has 0 aliphatic heterocycles. The molecule has 3 N–H and O–H groups in total. The number of likely N-dealkylation sites (N-methyl/N-ethyl adjacent to an activating group) is 1. The molecule has 0 spiro atoms. The van der Waals surface area contributed by atoms with E-state index in [0.717, 1.165) is 38.5 Å². The molecule has 0 heterocycles. The van der Waals surface area contributed by atoms with Crippen LogP contribution in [0.4, 0.5) is 0 Å². The fourth-order valence-corrected chi connectivity index (χ4v) is 14.2. The Kier molecular flexibility index (Phi) is 72.4. The maximum absolute atomic E-state index is 13.1. The number of hydrogen-bond donors (Lipinski definition) is 3. The summed E-state index contributed by atoms with van der Waals surface area (Å²) in [6.07, 6.45) is 94.2. The van der Waals surface area contributed by atoms with Crippen LogP contribution in [0.2, 0.25) is 0 Å². The van der Waals surface area contributed by atoms with Crippen LogP contribution < -0.4 is 5.32 Å². The number of nitrogens with zero attached hydrogens (tertiary/aromatic N) is 1. The molecule has 3 unspecified atom stereocenters. The van der Waals surface area contributed by atoms with Crippen molar-refractivity contribution in [3.8, 4) is 0 Å². The van der Waals surface area contributed by atoms with Crippen molar-refractivity contribution >= 4 is 13.7 Å². The van der Waals surface area contributed by atoms with Crippen LogP contribution in [0.5, 0.6) is 0 Å². The van der Waals surface area contributed by atoms with Crippen LogP contribution >= 0.6 is 7.82 Å². The number of nitrogens with one attached hydrogen (secondary N) is 1. The first-order valence-electron chi connectivity index (χ1n) is 41.4. The lowest BCUT2D eigenvalue weighted by Gasteiger charge is -2.26. The van der Waals surface area contributed by atoms with Gasteiger partial charge in [0.1, 0.15) is 13.2 Å². The van der Waals surface area contributed by atoms with E-state index in [1.165, 1.54) is 398 Å². The summed E-state index contributed by atoms with van der Waals surface area (Å²) in [5.41, 5.74) is 0. The molecule has 0 aromatic carbocycles. The van der Waals surface area contributed by atoms with E-state index >= 15 is 0 Å². The summed E-state index contributed by atoms with van der Waals surface area (Å²) in [7, 11) is 1.65. The molecule has 90 heavy (non-hydrogen) atoms. The van der Waals surface area contributed by atoms with Gasteiger partial charge in [-0.05, 0) is 12.8 Å². The highest BCUT2D eigenvalue weighted by atomic mass is 31.2. The number of aliphatic hydroxyl groups excluding tert-OH is 1. The predicted octanol–water partition coefficient (Wildman–Crippen LogP) is 27.0. The van der Waals surface area contributed by atoms with Gasteiger partial charge in [0.05, 0.1) is 39.9 Å².